The third-order valence-corrected chi connectivity index (χ3v) is 2.23. The van der Waals surface area contributed by atoms with Crippen molar-refractivity contribution in [3.8, 4) is 5.75 Å². The van der Waals surface area contributed by atoms with Crippen molar-refractivity contribution >= 4 is 0 Å². The molecule has 0 aliphatic carbocycles. The van der Waals surface area contributed by atoms with Crippen LogP contribution in [0.5, 0.6) is 5.75 Å². The fraction of sp³-hybridized carbons (Fsp3) is 0.400. The Morgan fingerprint density at radius 2 is 1.92 bits per heavy atom. The Hall–Kier alpha value is -1.02. The molecule has 0 radical (unpaired) electrons. The molecule has 0 N–H and O–H groups in total. The van der Waals surface area contributed by atoms with Crippen LogP contribution < -0.4 is 4.74 Å². The van der Waals surface area contributed by atoms with Crippen LogP contribution in [0.15, 0.2) is 12.1 Å². The van der Waals surface area contributed by atoms with Crippen molar-refractivity contribution in [3.05, 3.63) is 28.8 Å². The first kappa shape index (κ1) is 7.62. The third-order valence-electron chi connectivity index (χ3n) is 2.23. The molecule has 2 rings (SSSR count). The van der Waals surface area contributed by atoms with Gasteiger partial charge in [-0.2, -0.15) is 0 Å². The van der Waals surface area contributed by atoms with Crippen LogP contribution >= 0.6 is 0 Å². The molecule has 0 saturated carbocycles. The summed E-state index contributed by atoms with van der Waals surface area (Å²) >= 11 is 0. The second kappa shape index (κ2) is 2.79. The predicted molar refractivity (Wildman–Crippen MR) is 46.2 cm³/mol. The van der Waals surface area contributed by atoms with E-state index >= 15 is 0 Å². The average Bonchev–Trinajstić information content (AvgIpc) is 2.07. The molecule has 1 aromatic carbocycles. The lowest BCUT2D eigenvalue weighted by atomic mass is 10.1. The van der Waals surface area contributed by atoms with Crippen molar-refractivity contribution in [3.63, 3.8) is 0 Å². The van der Waals surface area contributed by atoms with Gasteiger partial charge in [-0.3, -0.25) is 0 Å². The molecular weight excluding hydrogens is 152 g/mol. The summed E-state index contributed by atoms with van der Waals surface area (Å²) in [4.78, 5) is 0. The highest BCUT2D eigenvalue weighted by Crippen LogP contribution is 2.26. The quantitative estimate of drug-likeness (QED) is 0.585. The molecule has 0 spiro atoms. The first-order chi connectivity index (χ1) is 5.77. The van der Waals surface area contributed by atoms with Crippen LogP contribution in [0, 0.1) is 13.8 Å². The third kappa shape index (κ3) is 1.18. The Balaban J connectivity index is 2.49. The normalized spacial score (nSPS) is 15.2. The van der Waals surface area contributed by atoms with Gasteiger partial charge >= 0.3 is 0 Å². The van der Waals surface area contributed by atoms with E-state index in [1.807, 2.05) is 0 Å². The lowest BCUT2D eigenvalue weighted by Gasteiger charge is -2.18. The zero-order valence-electron chi connectivity index (χ0n) is 7.39. The smallest absolute Gasteiger partial charge is 0.189 e. The monoisotopic (exact) mass is 164 g/mol. The molecule has 2 nitrogen and oxygen atoms in total. The molecule has 1 aromatic rings. The van der Waals surface area contributed by atoms with Gasteiger partial charge in [-0.15, -0.1) is 0 Å². The van der Waals surface area contributed by atoms with Gasteiger partial charge in [0, 0.05) is 5.56 Å². The second-order valence-corrected chi connectivity index (χ2v) is 3.15. The SMILES string of the molecule is Cc1cc2c(cc1C)OCOC2. The number of rotatable bonds is 0. The van der Waals surface area contributed by atoms with Gasteiger partial charge in [0.1, 0.15) is 5.75 Å². The van der Waals surface area contributed by atoms with Crippen molar-refractivity contribution in [2.75, 3.05) is 6.79 Å². The summed E-state index contributed by atoms with van der Waals surface area (Å²) in [7, 11) is 0. The molecule has 12 heavy (non-hydrogen) atoms. The Labute approximate surface area is 72.1 Å². The van der Waals surface area contributed by atoms with E-state index in [0.717, 1.165) is 11.3 Å². The number of ether oxygens (including phenoxy) is 2. The zero-order chi connectivity index (χ0) is 8.55. The summed E-state index contributed by atoms with van der Waals surface area (Å²) in [6, 6.07) is 4.21. The number of fused-ring (bicyclic) bond motifs is 1. The maximum Gasteiger partial charge on any atom is 0.189 e. The highest BCUT2D eigenvalue weighted by Gasteiger charge is 2.10. The highest BCUT2D eigenvalue weighted by molar-refractivity contribution is 5.41. The zero-order valence-corrected chi connectivity index (χ0v) is 7.39. The molecule has 0 bridgehead atoms. The van der Waals surface area contributed by atoms with Crippen LogP contribution in [0.1, 0.15) is 16.7 Å². The second-order valence-electron chi connectivity index (χ2n) is 3.15. The first-order valence-electron chi connectivity index (χ1n) is 4.08. The summed E-state index contributed by atoms with van der Waals surface area (Å²) in [5.41, 5.74) is 3.72. The summed E-state index contributed by atoms with van der Waals surface area (Å²) in [5.74, 6) is 0.976. The minimum atomic E-state index is 0.384. The lowest BCUT2D eigenvalue weighted by Crippen LogP contribution is -2.11. The molecule has 0 saturated heterocycles. The van der Waals surface area contributed by atoms with Crippen molar-refractivity contribution < 1.29 is 9.47 Å². The van der Waals surface area contributed by atoms with Crippen LogP contribution in [0.4, 0.5) is 0 Å². The van der Waals surface area contributed by atoms with Gasteiger partial charge in [-0.05, 0) is 37.1 Å². The average molecular weight is 164 g/mol. The van der Waals surface area contributed by atoms with E-state index in [-0.39, 0.29) is 0 Å². The van der Waals surface area contributed by atoms with Crippen molar-refractivity contribution in [1.29, 1.82) is 0 Å². The molecule has 1 heterocycles. The van der Waals surface area contributed by atoms with E-state index < -0.39 is 0 Å². The number of benzene rings is 1. The van der Waals surface area contributed by atoms with E-state index in [9.17, 15) is 0 Å². The fourth-order valence-electron chi connectivity index (χ4n) is 1.35. The molecular formula is C10H12O2. The van der Waals surface area contributed by atoms with Gasteiger partial charge in [0.05, 0.1) is 6.61 Å². The standard InChI is InChI=1S/C10H12O2/c1-7-3-9-5-11-6-12-10(9)4-8(7)2/h3-4H,5-6H2,1-2H3. The van der Waals surface area contributed by atoms with Gasteiger partial charge < -0.3 is 9.47 Å². The summed E-state index contributed by atoms with van der Waals surface area (Å²) in [5, 5.41) is 0. The van der Waals surface area contributed by atoms with Gasteiger partial charge in [0.2, 0.25) is 0 Å². The maximum atomic E-state index is 5.34. The fourth-order valence-corrected chi connectivity index (χ4v) is 1.35. The molecule has 1 aliphatic rings. The van der Waals surface area contributed by atoms with Gasteiger partial charge in [-0.25, -0.2) is 0 Å². The molecule has 64 valence electrons. The van der Waals surface area contributed by atoms with Crippen molar-refractivity contribution in [1.82, 2.24) is 0 Å². The molecule has 2 heteroatoms. The van der Waals surface area contributed by atoms with E-state index in [1.165, 1.54) is 11.1 Å². The van der Waals surface area contributed by atoms with Gasteiger partial charge in [0.15, 0.2) is 6.79 Å². The van der Waals surface area contributed by atoms with Gasteiger partial charge in [0.25, 0.3) is 0 Å². The lowest BCUT2D eigenvalue weighted by molar-refractivity contribution is -0.0164. The van der Waals surface area contributed by atoms with Crippen molar-refractivity contribution in [2.24, 2.45) is 0 Å². The predicted octanol–water partition coefficient (Wildman–Crippen LogP) is 2.17. The Bertz CT molecular complexity index is 274. The van der Waals surface area contributed by atoms with E-state index in [0.29, 0.717) is 13.4 Å². The van der Waals surface area contributed by atoms with Crippen LogP contribution in [-0.4, -0.2) is 6.79 Å². The highest BCUT2D eigenvalue weighted by atomic mass is 16.7. The maximum absolute atomic E-state index is 5.34. The summed E-state index contributed by atoms with van der Waals surface area (Å²) < 4.78 is 10.5. The van der Waals surface area contributed by atoms with E-state index in [4.69, 9.17) is 9.47 Å². The molecule has 0 atom stereocenters. The van der Waals surface area contributed by atoms with E-state index in [2.05, 4.69) is 26.0 Å². The minimum Gasteiger partial charge on any atom is -0.467 e. The van der Waals surface area contributed by atoms with Crippen LogP contribution in [0.25, 0.3) is 0 Å². The molecule has 0 amide bonds. The van der Waals surface area contributed by atoms with Crippen LogP contribution in [0.2, 0.25) is 0 Å². The Kier molecular flexibility index (Phi) is 1.77. The molecule has 0 aromatic heterocycles. The Morgan fingerprint density at radius 1 is 1.17 bits per heavy atom. The largest absolute Gasteiger partial charge is 0.467 e. The summed E-state index contributed by atoms with van der Waals surface area (Å²) in [6.45, 7) is 5.25. The minimum absolute atomic E-state index is 0.384. The number of hydrogen-bond donors (Lipinski definition) is 0. The number of hydrogen-bond acceptors (Lipinski definition) is 2. The Morgan fingerprint density at radius 3 is 2.75 bits per heavy atom. The van der Waals surface area contributed by atoms with Crippen LogP contribution in [-0.2, 0) is 11.3 Å². The summed E-state index contributed by atoms with van der Waals surface area (Å²) in [6.07, 6.45) is 0. The number of aryl methyl sites for hydroxylation is 2. The first-order valence-corrected chi connectivity index (χ1v) is 4.08. The molecule has 0 unspecified atom stereocenters. The van der Waals surface area contributed by atoms with Crippen LogP contribution in [0.3, 0.4) is 0 Å². The molecule has 1 aliphatic heterocycles. The van der Waals surface area contributed by atoms with Crippen molar-refractivity contribution in [2.45, 2.75) is 20.5 Å². The van der Waals surface area contributed by atoms with Gasteiger partial charge in [-0.1, -0.05) is 0 Å². The topological polar surface area (TPSA) is 18.5 Å². The van der Waals surface area contributed by atoms with E-state index in [1.54, 1.807) is 0 Å². The molecule has 0 fully saturated rings.